The van der Waals surface area contributed by atoms with Crippen LogP contribution in [0.25, 0.3) is 0 Å². The van der Waals surface area contributed by atoms with Crippen molar-refractivity contribution < 1.29 is 19.4 Å². The fourth-order valence-corrected chi connectivity index (χ4v) is 2.72. The molecule has 19 heavy (non-hydrogen) atoms. The fraction of sp³-hybridized carbons (Fsp3) is 0.467. The third kappa shape index (κ3) is 2.01. The summed E-state index contributed by atoms with van der Waals surface area (Å²) in [5.74, 6) is -0.858. The fourth-order valence-electron chi connectivity index (χ4n) is 2.72. The van der Waals surface area contributed by atoms with E-state index in [0.29, 0.717) is 24.2 Å². The Labute approximate surface area is 112 Å². The summed E-state index contributed by atoms with van der Waals surface area (Å²) in [5.41, 5.74) is 0.933. The summed E-state index contributed by atoms with van der Waals surface area (Å²) < 4.78 is 5.28. The molecule has 0 atom stereocenters. The van der Waals surface area contributed by atoms with Gasteiger partial charge in [-0.15, -0.1) is 0 Å². The van der Waals surface area contributed by atoms with Crippen molar-refractivity contribution in [2.45, 2.75) is 33.1 Å². The minimum atomic E-state index is -1.24. The molecule has 1 aromatic rings. The maximum Gasteiger partial charge on any atom is 0.317 e. The summed E-state index contributed by atoms with van der Waals surface area (Å²) in [5, 5.41) is 9.36. The molecule has 1 aliphatic carbocycles. The van der Waals surface area contributed by atoms with Crippen LogP contribution in [0.4, 0.5) is 0 Å². The number of hydrogen-bond acceptors (Lipinski definition) is 3. The summed E-state index contributed by atoms with van der Waals surface area (Å²) in [6.07, 6.45) is 1.61. The first-order valence-corrected chi connectivity index (χ1v) is 6.36. The largest absolute Gasteiger partial charge is 0.496 e. The van der Waals surface area contributed by atoms with E-state index in [1.807, 2.05) is 19.9 Å². The normalized spacial score (nSPS) is 16.6. The molecule has 1 N–H and O–H groups in total. The molecule has 1 aromatic carbocycles. The highest BCUT2D eigenvalue weighted by molar-refractivity contribution is 6.14. The van der Waals surface area contributed by atoms with Gasteiger partial charge in [-0.3, -0.25) is 9.59 Å². The number of carboxylic acids is 1. The standard InChI is InChI=1S/C15H18O4/c1-9-7-10(2)12(19-3)11(8-9)13(16)15(14(17)18)5-4-6-15/h7-8H,4-6H2,1-3H3,(H,17,18). The Balaban J connectivity index is 2.52. The molecule has 0 saturated heterocycles. The molecule has 4 heteroatoms. The zero-order valence-electron chi connectivity index (χ0n) is 11.4. The third-order valence-corrected chi connectivity index (χ3v) is 3.92. The number of methoxy groups -OCH3 is 1. The van der Waals surface area contributed by atoms with Crippen LogP contribution in [0.3, 0.4) is 0 Å². The van der Waals surface area contributed by atoms with E-state index in [9.17, 15) is 14.7 Å². The molecular formula is C15H18O4. The number of carboxylic acid groups (broad SMARTS) is 1. The first-order chi connectivity index (χ1) is 8.92. The van der Waals surface area contributed by atoms with Gasteiger partial charge >= 0.3 is 5.97 Å². The molecule has 0 aliphatic heterocycles. The number of Topliss-reactive ketones (excluding diaryl/α,β-unsaturated/α-hetero) is 1. The second-order valence-electron chi connectivity index (χ2n) is 5.23. The minimum absolute atomic E-state index is 0.324. The van der Waals surface area contributed by atoms with Gasteiger partial charge in [0.25, 0.3) is 0 Å². The van der Waals surface area contributed by atoms with Crippen LogP contribution >= 0.6 is 0 Å². The molecule has 0 amide bonds. The summed E-state index contributed by atoms with van der Waals surface area (Å²) in [7, 11) is 1.50. The zero-order valence-corrected chi connectivity index (χ0v) is 11.4. The van der Waals surface area contributed by atoms with E-state index in [4.69, 9.17) is 4.74 Å². The lowest BCUT2D eigenvalue weighted by Gasteiger charge is -2.36. The quantitative estimate of drug-likeness (QED) is 0.669. The van der Waals surface area contributed by atoms with Crippen LogP contribution in [0.2, 0.25) is 0 Å². The van der Waals surface area contributed by atoms with Crippen LogP contribution in [0.15, 0.2) is 12.1 Å². The van der Waals surface area contributed by atoms with Crippen molar-refractivity contribution in [2.75, 3.05) is 7.11 Å². The Kier molecular flexibility index (Phi) is 3.35. The van der Waals surface area contributed by atoms with Crippen molar-refractivity contribution in [1.29, 1.82) is 0 Å². The van der Waals surface area contributed by atoms with E-state index in [0.717, 1.165) is 17.5 Å². The molecule has 0 unspecified atom stereocenters. The van der Waals surface area contributed by atoms with E-state index >= 15 is 0 Å². The lowest BCUT2D eigenvalue weighted by atomic mass is 9.64. The van der Waals surface area contributed by atoms with Crippen LogP contribution in [0.1, 0.15) is 40.7 Å². The van der Waals surface area contributed by atoms with Gasteiger partial charge < -0.3 is 9.84 Å². The average molecular weight is 262 g/mol. The van der Waals surface area contributed by atoms with Crippen LogP contribution in [-0.4, -0.2) is 24.0 Å². The number of hydrogen-bond donors (Lipinski definition) is 1. The number of benzene rings is 1. The highest BCUT2D eigenvalue weighted by Crippen LogP contribution is 2.45. The van der Waals surface area contributed by atoms with Crippen LogP contribution in [0.5, 0.6) is 5.75 Å². The van der Waals surface area contributed by atoms with Crippen LogP contribution < -0.4 is 4.74 Å². The zero-order chi connectivity index (χ0) is 14.2. The van der Waals surface area contributed by atoms with Crippen molar-refractivity contribution in [2.24, 2.45) is 5.41 Å². The summed E-state index contributed by atoms with van der Waals surface area (Å²) >= 11 is 0. The van der Waals surface area contributed by atoms with E-state index in [-0.39, 0.29) is 5.78 Å². The summed E-state index contributed by atoms with van der Waals surface area (Å²) in [4.78, 5) is 24.0. The highest BCUT2D eigenvalue weighted by Gasteiger charge is 2.51. The SMILES string of the molecule is COc1c(C)cc(C)cc1C(=O)C1(C(=O)O)CCC1. The molecule has 0 spiro atoms. The summed E-state index contributed by atoms with van der Waals surface area (Å²) in [6.45, 7) is 3.74. The summed E-state index contributed by atoms with van der Waals surface area (Å²) in [6, 6.07) is 3.64. The second-order valence-corrected chi connectivity index (χ2v) is 5.23. The van der Waals surface area contributed by atoms with Gasteiger partial charge in [0, 0.05) is 0 Å². The molecule has 4 nitrogen and oxygen atoms in total. The van der Waals surface area contributed by atoms with Gasteiger partial charge in [-0.1, -0.05) is 12.5 Å². The van der Waals surface area contributed by atoms with Gasteiger partial charge in [-0.2, -0.15) is 0 Å². The van der Waals surface area contributed by atoms with Gasteiger partial charge in [-0.25, -0.2) is 0 Å². The number of ketones is 1. The number of carbonyl (C=O) groups excluding carboxylic acids is 1. The Hall–Kier alpha value is -1.84. The molecule has 0 radical (unpaired) electrons. The van der Waals surface area contributed by atoms with Crippen molar-refractivity contribution in [3.05, 3.63) is 28.8 Å². The number of carbonyl (C=O) groups is 2. The average Bonchev–Trinajstić information content (AvgIpc) is 2.25. The molecule has 0 aromatic heterocycles. The monoisotopic (exact) mass is 262 g/mol. The molecule has 0 bridgehead atoms. The molecular weight excluding hydrogens is 244 g/mol. The Morgan fingerprint density at radius 2 is 1.89 bits per heavy atom. The Bertz CT molecular complexity index is 541. The number of aryl methyl sites for hydroxylation is 2. The van der Waals surface area contributed by atoms with Crippen molar-refractivity contribution in [3.63, 3.8) is 0 Å². The van der Waals surface area contributed by atoms with Crippen molar-refractivity contribution >= 4 is 11.8 Å². The van der Waals surface area contributed by atoms with Crippen molar-refractivity contribution in [1.82, 2.24) is 0 Å². The second kappa shape index (κ2) is 4.68. The van der Waals surface area contributed by atoms with E-state index in [1.54, 1.807) is 6.07 Å². The molecule has 102 valence electrons. The number of aliphatic carboxylic acids is 1. The predicted octanol–water partition coefficient (Wildman–Crippen LogP) is 2.75. The molecule has 1 aliphatic rings. The lowest BCUT2D eigenvalue weighted by Crippen LogP contribution is -2.45. The third-order valence-electron chi connectivity index (χ3n) is 3.92. The van der Waals surface area contributed by atoms with Gasteiger partial charge in [0.15, 0.2) is 5.78 Å². The topological polar surface area (TPSA) is 63.6 Å². The minimum Gasteiger partial charge on any atom is -0.496 e. The number of ether oxygens (including phenoxy) is 1. The maximum absolute atomic E-state index is 12.6. The number of rotatable bonds is 4. The maximum atomic E-state index is 12.6. The Morgan fingerprint density at radius 3 is 2.32 bits per heavy atom. The molecule has 0 heterocycles. The molecule has 1 saturated carbocycles. The van der Waals surface area contributed by atoms with E-state index in [1.165, 1.54) is 7.11 Å². The molecule has 1 fully saturated rings. The van der Waals surface area contributed by atoms with Gasteiger partial charge in [0.2, 0.25) is 0 Å². The predicted molar refractivity (Wildman–Crippen MR) is 70.7 cm³/mol. The highest BCUT2D eigenvalue weighted by atomic mass is 16.5. The van der Waals surface area contributed by atoms with Gasteiger partial charge in [0.05, 0.1) is 12.7 Å². The van der Waals surface area contributed by atoms with Gasteiger partial charge in [0.1, 0.15) is 11.2 Å². The van der Waals surface area contributed by atoms with Gasteiger partial charge in [-0.05, 0) is 43.9 Å². The Morgan fingerprint density at radius 1 is 1.26 bits per heavy atom. The first kappa shape index (κ1) is 13.6. The van der Waals surface area contributed by atoms with Crippen LogP contribution in [0, 0.1) is 19.3 Å². The van der Waals surface area contributed by atoms with Crippen molar-refractivity contribution in [3.8, 4) is 5.75 Å². The lowest BCUT2D eigenvalue weighted by molar-refractivity contribution is -0.150. The van der Waals surface area contributed by atoms with Crippen LogP contribution in [-0.2, 0) is 4.79 Å². The first-order valence-electron chi connectivity index (χ1n) is 6.36. The molecule has 2 rings (SSSR count). The van der Waals surface area contributed by atoms with E-state index < -0.39 is 11.4 Å². The van der Waals surface area contributed by atoms with E-state index in [2.05, 4.69) is 0 Å². The smallest absolute Gasteiger partial charge is 0.317 e.